The smallest absolute Gasteiger partial charge is 0.326 e. The van der Waals surface area contributed by atoms with E-state index in [1.165, 1.54) is 28.9 Å². The first-order valence-corrected chi connectivity index (χ1v) is 9.91. The SMILES string of the molecule is CC(Nc1nc(=NC2CC2)n2nc/c(=C\c3[nH]c(=O)[nH]c3O)c2n1)c1cc(F)cc(F)c1. The Morgan fingerprint density at radius 2 is 2.00 bits per heavy atom. The van der Waals surface area contributed by atoms with Crippen molar-refractivity contribution in [2.75, 3.05) is 5.32 Å². The Balaban J connectivity index is 1.61. The van der Waals surface area contributed by atoms with Crippen LogP contribution in [0.4, 0.5) is 14.7 Å². The van der Waals surface area contributed by atoms with Crippen molar-refractivity contribution in [2.24, 2.45) is 4.99 Å². The number of imidazole rings is 1. The fourth-order valence-electron chi connectivity index (χ4n) is 3.25. The summed E-state index contributed by atoms with van der Waals surface area (Å²) < 4.78 is 28.7. The number of anilines is 1. The molecule has 4 aromatic rings. The number of hydrogen-bond acceptors (Lipinski definition) is 7. The average molecular weight is 440 g/mol. The van der Waals surface area contributed by atoms with Crippen LogP contribution in [0.25, 0.3) is 11.7 Å². The molecule has 3 heterocycles. The molecule has 1 atom stereocenters. The van der Waals surface area contributed by atoms with Gasteiger partial charge in [-0.25, -0.2) is 18.6 Å². The number of fused-ring (bicyclic) bond motifs is 1. The minimum atomic E-state index is -0.678. The van der Waals surface area contributed by atoms with Crippen LogP contribution in [0.1, 0.15) is 37.1 Å². The van der Waals surface area contributed by atoms with Gasteiger partial charge in [0.2, 0.25) is 11.8 Å². The monoisotopic (exact) mass is 440 g/mol. The van der Waals surface area contributed by atoms with Gasteiger partial charge in [-0.1, -0.05) is 0 Å². The molecule has 32 heavy (non-hydrogen) atoms. The van der Waals surface area contributed by atoms with Gasteiger partial charge in [-0.3, -0.25) is 4.98 Å². The Morgan fingerprint density at radius 3 is 2.66 bits per heavy atom. The second-order valence-electron chi connectivity index (χ2n) is 7.60. The van der Waals surface area contributed by atoms with Crippen molar-refractivity contribution < 1.29 is 13.9 Å². The second-order valence-corrected chi connectivity index (χ2v) is 7.60. The van der Waals surface area contributed by atoms with Gasteiger partial charge in [0.1, 0.15) is 17.3 Å². The van der Waals surface area contributed by atoms with E-state index in [0.29, 0.717) is 22.0 Å². The molecule has 12 heteroatoms. The van der Waals surface area contributed by atoms with E-state index in [1.54, 1.807) is 6.92 Å². The zero-order valence-electron chi connectivity index (χ0n) is 16.8. The fraction of sp³-hybridized carbons (Fsp3) is 0.250. The first kappa shape index (κ1) is 19.8. The molecule has 10 nitrogen and oxygen atoms in total. The lowest BCUT2D eigenvalue weighted by atomic mass is 10.1. The number of benzene rings is 1. The maximum atomic E-state index is 13.6. The second kappa shape index (κ2) is 7.55. The van der Waals surface area contributed by atoms with Crippen molar-refractivity contribution in [1.82, 2.24) is 29.5 Å². The number of aromatic hydroxyl groups is 1. The predicted octanol–water partition coefficient (Wildman–Crippen LogP) is 0.908. The van der Waals surface area contributed by atoms with Gasteiger partial charge in [0.25, 0.3) is 5.62 Å². The Morgan fingerprint density at radius 1 is 1.25 bits per heavy atom. The summed E-state index contributed by atoms with van der Waals surface area (Å²) in [5.74, 6) is -1.48. The molecule has 4 N–H and O–H groups in total. The Bertz CT molecular complexity index is 1480. The van der Waals surface area contributed by atoms with Gasteiger partial charge in [-0.2, -0.15) is 19.6 Å². The lowest BCUT2D eigenvalue weighted by molar-refractivity contribution is 0.454. The van der Waals surface area contributed by atoms with Gasteiger partial charge in [0.05, 0.1) is 18.3 Å². The van der Waals surface area contributed by atoms with Crippen LogP contribution in [-0.2, 0) is 0 Å². The number of nitrogens with zero attached hydrogens (tertiary/aromatic N) is 5. The molecule has 0 aliphatic heterocycles. The summed E-state index contributed by atoms with van der Waals surface area (Å²) in [4.78, 5) is 29.6. The van der Waals surface area contributed by atoms with Crippen molar-refractivity contribution in [2.45, 2.75) is 31.8 Å². The van der Waals surface area contributed by atoms with Gasteiger partial charge in [-0.15, -0.1) is 0 Å². The third-order valence-electron chi connectivity index (χ3n) is 4.99. The van der Waals surface area contributed by atoms with Crippen LogP contribution < -0.4 is 21.8 Å². The van der Waals surface area contributed by atoms with E-state index in [4.69, 9.17) is 0 Å². The minimum Gasteiger partial charge on any atom is -0.493 e. The van der Waals surface area contributed by atoms with E-state index < -0.39 is 23.4 Å². The molecule has 1 fully saturated rings. The van der Waals surface area contributed by atoms with E-state index in [1.807, 2.05) is 0 Å². The van der Waals surface area contributed by atoms with Gasteiger partial charge in [0, 0.05) is 11.3 Å². The number of H-pyrrole nitrogens is 2. The summed E-state index contributed by atoms with van der Waals surface area (Å²) in [6.07, 6.45) is 4.92. The van der Waals surface area contributed by atoms with Crippen molar-refractivity contribution >= 4 is 17.7 Å². The van der Waals surface area contributed by atoms with Gasteiger partial charge in [-0.05, 0) is 43.5 Å². The lowest BCUT2D eigenvalue weighted by Crippen LogP contribution is -2.25. The minimum absolute atomic E-state index is 0.150. The molecule has 0 spiro atoms. The topological polar surface area (TPSA) is 136 Å². The largest absolute Gasteiger partial charge is 0.493 e. The summed E-state index contributed by atoms with van der Waals surface area (Å²) in [5, 5.41) is 17.7. The zero-order valence-corrected chi connectivity index (χ0v) is 16.8. The highest BCUT2D eigenvalue weighted by Crippen LogP contribution is 2.22. The number of rotatable bonds is 5. The summed E-state index contributed by atoms with van der Waals surface area (Å²) in [7, 11) is 0. The summed E-state index contributed by atoms with van der Waals surface area (Å²) in [6, 6.07) is 2.92. The number of hydrogen-bond donors (Lipinski definition) is 4. The van der Waals surface area contributed by atoms with Crippen molar-refractivity contribution in [3.8, 4) is 5.88 Å². The van der Waals surface area contributed by atoms with E-state index in [-0.39, 0.29) is 23.6 Å². The molecule has 0 radical (unpaired) electrons. The highest BCUT2D eigenvalue weighted by molar-refractivity contribution is 5.57. The lowest BCUT2D eigenvalue weighted by Gasteiger charge is -2.14. The molecule has 1 aliphatic rings. The molecule has 5 rings (SSSR count). The summed E-state index contributed by atoms with van der Waals surface area (Å²) in [6.45, 7) is 1.73. The quantitative estimate of drug-likeness (QED) is 0.364. The van der Waals surface area contributed by atoms with E-state index in [9.17, 15) is 18.7 Å². The first-order valence-electron chi connectivity index (χ1n) is 9.91. The predicted molar refractivity (Wildman–Crippen MR) is 110 cm³/mol. The highest BCUT2D eigenvalue weighted by Gasteiger charge is 2.21. The Kier molecular flexibility index (Phi) is 4.68. The molecule has 0 amide bonds. The summed E-state index contributed by atoms with van der Waals surface area (Å²) in [5.41, 5.74) is 0.705. The highest BCUT2D eigenvalue weighted by atomic mass is 19.1. The zero-order chi connectivity index (χ0) is 22.4. The molecular weight excluding hydrogens is 422 g/mol. The molecule has 0 saturated heterocycles. The average Bonchev–Trinajstić information content (AvgIpc) is 3.36. The molecular formula is C20H18F2N8O2. The molecule has 0 bridgehead atoms. The van der Waals surface area contributed by atoms with Crippen LogP contribution in [-0.4, -0.2) is 40.7 Å². The molecule has 1 saturated carbocycles. The van der Waals surface area contributed by atoms with Crippen LogP contribution >= 0.6 is 0 Å². The van der Waals surface area contributed by atoms with Crippen LogP contribution in [0, 0.1) is 11.6 Å². The van der Waals surface area contributed by atoms with Crippen LogP contribution in [0.5, 0.6) is 5.88 Å². The summed E-state index contributed by atoms with van der Waals surface area (Å²) >= 11 is 0. The first-order chi connectivity index (χ1) is 15.4. The molecule has 1 aromatic carbocycles. The van der Waals surface area contributed by atoms with Crippen molar-refractivity contribution in [3.63, 3.8) is 0 Å². The third-order valence-corrected chi connectivity index (χ3v) is 4.99. The van der Waals surface area contributed by atoms with Gasteiger partial charge >= 0.3 is 5.69 Å². The Labute approximate surface area is 178 Å². The maximum Gasteiger partial charge on any atom is 0.326 e. The van der Waals surface area contributed by atoms with Crippen molar-refractivity contribution in [1.29, 1.82) is 0 Å². The van der Waals surface area contributed by atoms with E-state index >= 15 is 0 Å². The van der Waals surface area contributed by atoms with E-state index in [0.717, 1.165) is 18.9 Å². The standard InChI is InChI=1S/C20H18F2N8O2/c1-9(10-4-12(21)7-13(22)5-10)24-18-27-16-11(6-15-17(31)28-20(32)26-15)8-23-30(16)19(29-18)25-14-2-3-14/h4-9,14,31H,2-3H2,1H3,(H,24,25,29)(H2,26,28,32)/b11-6+. The fourth-order valence-corrected chi connectivity index (χ4v) is 3.25. The Hall–Kier alpha value is -4.09. The van der Waals surface area contributed by atoms with E-state index in [2.05, 4.69) is 35.3 Å². The van der Waals surface area contributed by atoms with Crippen LogP contribution in [0.2, 0.25) is 0 Å². The van der Waals surface area contributed by atoms with Crippen LogP contribution in [0.3, 0.4) is 0 Å². The number of nitrogens with one attached hydrogen (secondary N) is 3. The van der Waals surface area contributed by atoms with Gasteiger partial charge < -0.3 is 15.4 Å². The molecule has 1 unspecified atom stereocenters. The van der Waals surface area contributed by atoms with Crippen LogP contribution in [0.15, 0.2) is 34.2 Å². The van der Waals surface area contributed by atoms with Crippen molar-refractivity contribution in [3.05, 3.63) is 68.6 Å². The molecule has 164 valence electrons. The number of aromatic amines is 2. The van der Waals surface area contributed by atoms with Gasteiger partial charge in [0.15, 0.2) is 5.65 Å². The molecule has 3 aromatic heterocycles. The third kappa shape index (κ3) is 3.94. The number of aromatic nitrogens is 6. The normalized spacial score (nSPS) is 16.1. The number of halogens is 2. The molecule has 1 aliphatic carbocycles. The maximum absolute atomic E-state index is 13.6.